The van der Waals surface area contributed by atoms with Gasteiger partial charge in [0.15, 0.2) is 0 Å². The van der Waals surface area contributed by atoms with Gasteiger partial charge in [0.05, 0.1) is 6.67 Å². The van der Waals surface area contributed by atoms with Gasteiger partial charge in [-0.05, 0) is 13.8 Å². The van der Waals surface area contributed by atoms with E-state index in [0.29, 0.717) is 0 Å². The molecule has 0 saturated carbocycles. The van der Waals surface area contributed by atoms with E-state index in [1.165, 1.54) is 13.8 Å². The lowest BCUT2D eigenvalue weighted by atomic mass is 10.2. The molecule has 0 radical (unpaired) electrons. The second-order valence-electron chi connectivity index (χ2n) is 2.50. The molecule has 0 fully saturated rings. The molecular formula is C8H15F5O. The van der Waals surface area contributed by atoms with Gasteiger partial charge < -0.3 is 4.74 Å². The molecule has 0 bridgehead atoms. The Morgan fingerprint density at radius 1 is 1.07 bits per heavy atom. The van der Waals surface area contributed by atoms with E-state index < -0.39 is 18.5 Å². The fourth-order valence-electron chi connectivity index (χ4n) is 0.357. The van der Waals surface area contributed by atoms with E-state index in [9.17, 15) is 22.0 Å². The first-order valence-electron chi connectivity index (χ1n) is 4.12. The van der Waals surface area contributed by atoms with Crippen LogP contribution in [0.1, 0.15) is 20.8 Å². The smallest absolute Gasteiger partial charge is 0.332 e. The fraction of sp³-hybridized carbons (Fsp3) is 1.00. The summed E-state index contributed by atoms with van der Waals surface area (Å²) < 4.78 is 63.0. The van der Waals surface area contributed by atoms with Crippen molar-refractivity contribution in [2.45, 2.75) is 32.6 Å². The van der Waals surface area contributed by atoms with Crippen molar-refractivity contribution in [1.29, 1.82) is 0 Å². The maximum absolute atomic E-state index is 12.2. The summed E-state index contributed by atoms with van der Waals surface area (Å²) in [4.78, 5) is 0. The van der Waals surface area contributed by atoms with Gasteiger partial charge in [0.1, 0.15) is 6.61 Å². The summed E-state index contributed by atoms with van der Waals surface area (Å²) >= 11 is 0. The largest absolute Gasteiger partial charge is 0.375 e. The minimum atomic E-state index is -4.07. The summed E-state index contributed by atoms with van der Waals surface area (Å²) in [6, 6.07) is 0. The number of rotatable bonds is 4. The van der Waals surface area contributed by atoms with Gasteiger partial charge in [0.25, 0.3) is 0 Å². The summed E-state index contributed by atoms with van der Waals surface area (Å²) in [6.07, 6.45) is 0. The highest BCUT2D eigenvalue weighted by Gasteiger charge is 2.52. The Hall–Kier alpha value is -0.390. The van der Waals surface area contributed by atoms with E-state index in [-0.39, 0.29) is 20.2 Å². The highest BCUT2D eigenvalue weighted by atomic mass is 19.3. The highest BCUT2D eigenvalue weighted by molar-refractivity contribution is 4.79. The van der Waals surface area contributed by atoms with Gasteiger partial charge in [-0.1, -0.05) is 0 Å². The second-order valence-corrected chi connectivity index (χ2v) is 2.50. The Balaban J connectivity index is 0. The normalized spacial score (nSPS) is 12.0. The molecule has 0 aromatic rings. The molecular weight excluding hydrogens is 207 g/mol. The molecule has 88 valence electrons. The van der Waals surface area contributed by atoms with Crippen LogP contribution in [0.15, 0.2) is 0 Å². The average molecular weight is 222 g/mol. The quantitative estimate of drug-likeness (QED) is 0.663. The number of hydrogen-bond acceptors (Lipinski definition) is 1. The lowest BCUT2D eigenvalue weighted by molar-refractivity contribution is -0.222. The molecule has 0 saturated heterocycles. The monoisotopic (exact) mass is 222 g/mol. The standard InChI is InChI=1S/C6H10F4O.C2H5F/c1-3-11-4-6(9,10)5(2,7)8;1-2-3/h3-4H2,1-2H3;2H2,1H3. The van der Waals surface area contributed by atoms with Gasteiger partial charge >= 0.3 is 11.8 Å². The van der Waals surface area contributed by atoms with E-state index >= 15 is 0 Å². The Morgan fingerprint density at radius 2 is 1.43 bits per heavy atom. The van der Waals surface area contributed by atoms with Crippen LogP contribution in [0, 0.1) is 0 Å². The van der Waals surface area contributed by atoms with E-state index in [2.05, 4.69) is 4.74 Å². The summed E-state index contributed by atoms with van der Waals surface area (Å²) in [5, 5.41) is 0. The third-order valence-corrected chi connectivity index (χ3v) is 1.13. The summed E-state index contributed by atoms with van der Waals surface area (Å²) in [6.45, 7) is 1.62. The molecule has 0 N–H and O–H groups in total. The van der Waals surface area contributed by atoms with Crippen molar-refractivity contribution < 1.29 is 26.7 Å². The molecule has 0 aliphatic carbocycles. The van der Waals surface area contributed by atoms with Crippen LogP contribution in [-0.4, -0.2) is 31.7 Å². The molecule has 14 heavy (non-hydrogen) atoms. The summed E-state index contributed by atoms with van der Waals surface area (Å²) in [5.74, 6) is -8.08. The number of alkyl halides is 5. The SMILES string of the molecule is CCF.CCOCC(F)(F)C(C)(F)F. The van der Waals surface area contributed by atoms with Crippen LogP contribution in [0.25, 0.3) is 0 Å². The third-order valence-electron chi connectivity index (χ3n) is 1.13. The first-order valence-corrected chi connectivity index (χ1v) is 4.12. The Kier molecular flexibility index (Phi) is 8.00. The zero-order valence-electron chi connectivity index (χ0n) is 8.42. The summed E-state index contributed by atoms with van der Waals surface area (Å²) in [7, 11) is 0. The van der Waals surface area contributed by atoms with Crippen LogP contribution in [0.4, 0.5) is 22.0 Å². The van der Waals surface area contributed by atoms with Gasteiger partial charge in [0.2, 0.25) is 0 Å². The van der Waals surface area contributed by atoms with E-state index in [1.54, 1.807) is 0 Å². The van der Waals surface area contributed by atoms with Crippen LogP contribution >= 0.6 is 0 Å². The zero-order chi connectivity index (χ0) is 11.8. The minimum Gasteiger partial charge on any atom is -0.375 e. The molecule has 0 amide bonds. The molecule has 0 spiro atoms. The molecule has 0 atom stereocenters. The Morgan fingerprint density at radius 3 is 1.64 bits per heavy atom. The van der Waals surface area contributed by atoms with Gasteiger partial charge in [-0.15, -0.1) is 0 Å². The summed E-state index contributed by atoms with van der Waals surface area (Å²) in [5.41, 5.74) is 0. The minimum absolute atomic E-state index is 0.00562. The average Bonchev–Trinajstić information content (AvgIpc) is 2.00. The number of hydrogen-bond donors (Lipinski definition) is 0. The van der Waals surface area contributed by atoms with Gasteiger partial charge in [-0.2, -0.15) is 8.78 Å². The van der Waals surface area contributed by atoms with E-state index in [4.69, 9.17) is 0 Å². The van der Waals surface area contributed by atoms with E-state index in [0.717, 1.165) is 0 Å². The lowest BCUT2D eigenvalue weighted by Crippen LogP contribution is -2.41. The van der Waals surface area contributed by atoms with Crippen molar-refractivity contribution >= 4 is 0 Å². The molecule has 0 rings (SSSR count). The number of ether oxygens (including phenoxy) is 1. The van der Waals surface area contributed by atoms with Crippen molar-refractivity contribution in [3.05, 3.63) is 0 Å². The molecule has 0 aromatic carbocycles. The zero-order valence-corrected chi connectivity index (χ0v) is 8.42. The van der Waals surface area contributed by atoms with Crippen LogP contribution < -0.4 is 0 Å². The van der Waals surface area contributed by atoms with Crippen LogP contribution in [-0.2, 0) is 4.74 Å². The van der Waals surface area contributed by atoms with Crippen molar-refractivity contribution in [2.24, 2.45) is 0 Å². The molecule has 0 heterocycles. The predicted molar refractivity (Wildman–Crippen MR) is 43.7 cm³/mol. The number of halogens is 5. The van der Waals surface area contributed by atoms with Crippen molar-refractivity contribution in [3.63, 3.8) is 0 Å². The molecule has 0 aliphatic rings. The topological polar surface area (TPSA) is 9.23 Å². The second kappa shape index (κ2) is 6.98. The van der Waals surface area contributed by atoms with Crippen LogP contribution in [0.5, 0.6) is 0 Å². The van der Waals surface area contributed by atoms with Gasteiger partial charge in [-0.3, -0.25) is 4.39 Å². The van der Waals surface area contributed by atoms with E-state index in [1.807, 2.05) is 0 Å². The van der Waals surface area contributed by atoms with Crippen LogP contribution in [0.2, 0.25) is 0 Å². The van der Waals surface area contributed by atoms with Crippen molar-refractivity contribution in [2.75, 3.05) is 19.9 Å². The van der Waals surface area contributed by atoms with Crippen molar-refractivity contribution in [3.8, 4) is 0 Å². The molecule has 1 nitrogen and oxygen atoms in total. The van der Waals surface area contributed by atoms with Crippen molar-refractivity contribution in [1.82, 2.24) is 0 Å². The van der Waals surface area contributed by atoms with Crippen LogP contribution in [0.3, 0.4) is 0 Å². The molecule has 0 aromatic heterocycles. The third kappa shape index (κ3) is 7.06. The van der Waals surface area contributed by atoms with Gasteiger partial charge in [0, 0.05) is 13.5 Å². The van der Waals surface area contributed by atoms with Gasteiger partial charge in [-0.25, -0.2) is 8.78 Å². The predicted octanol–water partition coefficient (Wildman–Crippen LogP) is 3.29. The maximum atomic E-state index is 12.2. The highest BCUT2D eigenvalue weighted by Crippen LogP contribution is 2.33. The first-order chi connectivity index (χ1) is 6.22. The maximum Gasteiger partial charge on any atom is 0.332 e. The Bertz CT molecular complexity index is 132. The lowest BCUT2D eigenvalue weighted by Gasteiger charge is -2.22. The Labute approximate surface area is 80.2 Å². The first kappa shape index (κ1) is 16.1. The fourth-order valence-corrected chi connectivity index (χ4v) is 0.357. The molecule has 6 heteroatoms. The molecule has 0 unspecified atom stereocenters. The molecule has 0 aliphatic heterocycles.